The first-order chi connectivity index (χ1) is 16.2. The molecular formula is C27H24ClN3O3. The van der Waals surface area contributed by atoms with E-state index in [-0.39, 0.29) is 16.6 Å². The maximum atomic E-state index is 13.1. The summed E-state index contributed by atoms with van der Waals surface area (Å²) in [5.41, 5.74) is 6.00. The van der Waals surface area contributed by atoms with Gasteiger partial charge in [0.1, 0.15) is 10.7 Å². The molecule has 7 heteroatoms. The van der Waals surface area contributed by atoms with Crippen molar-refractivity contribution in [2.75, 3.05) is 15.5 Å². The molecular weight excluding hydrogens is 450 g/mol. The van der Waals surface area contributed by atoms with E-state index in [1.807, 2.05) is 52.0 Å². The van der Waals surface area contributed by atoms with Crippen LogP contribution in [-0.2, 0) is 9.59 Å². The zero-order valence-corrected chi connectivity index (χ0v) is 20.1. The van der Waals surface area contributed by atoms with Gasteiger partial charge in [-0.25, -0.2) is 4.90 Å². The van der Waals surface area contributed by atoms with Crippen LogP contribution in [0.5, 0.6) is 0 Å². The van der Waals surface area contributed by atoms with Crippen LogP contribution in [0, 0.1) is 27.7 Å². The normalized spacial score (nSPS) is 13.5. The number of amides is 3. The minimum Gasteiger partial charge on any atom is -0.350 e. The number of benzene rings is 3. The molecule has 4 rings (SSSR count). The Kier molecular flexibility index (Phi) is 6.26. The zero-order chi connectivity index (χ0) is 24.6. The quantitative estimate of drug-likeness (QED) is 0.472. The summed E-state index contributed by atoms with van der Waals surface area (Å²) in [5.74, 6) is -1.43. The van der Waals surface area contributed by atoms with Gasteiger partial charge >= 0.3 is 0 Å². The second-order valence-corrected chi connectivity index (χ2v) is 8.69. The molecule has 0 radical (unpaired) electrons. The fourth-order valence-electron chi connectivity index (χ4n) is 3.71. The predicted molar refractivity (Wildman–Crippen MR) is 135 cm³/mol. The lowest BCUT2D eigenvalue weighted by atomic mass is 10.1. The van der Waals surface area contributed by atoms with E-state index in [9.17, 15) is 14.4 Å². The van der Waals surface area contributed by atoms with Gasteiger partial charge in [-0.1, -0.05) is 35.9 Å². The number of imide groups is 1. The molecule has 3 aromatic rings. The van der Waals surface area contributed by atoms with Crippen LogP contribution in [0.25, 0.3) is 0 Å². The largest absolute Gasteiger partial charge is 0.350 e. The van der Waals surface area contributed by atoms with Crippen LogP contribution in [0.15, 0.2) is 71.4 Å². The molecule has 0 spiro atoms. The number of nitrogens with zero attached hydrogens (tertiary/aromatic N) is 1. The van der Waals surface area contributed by atoms with Crippen LogP contribution in [-0.4, -0.2) is 17.7 Å². The molecule has 1 aliphatic heterocycles. The lowest BCUT2D eigenvalue weighted by Gasteiger charge is -2.18. The van der Waals surface area contributed by atoms with Gasteiger partial charge in [0.2, 0.25) is 0 Å². The van der Waals surface area contributed by atoms with E-state index in [0.29, 0.717) is 22.6 Å². The molecule has 1 heterocycles. The number of hydrogen-bond donors (Lipinski definition) is 2. The molecule has 2 N–H and O–H groups in total. The highest BCUT2D eigenvalue weighted by molar-refractivity contribution is 6.53. The first-order valence-corrected chi connectivity index (χ1v) is 11.2. The monoisotopic (exact) mass is 473 g/mol. The van der Waals surface area contributed by atoms with E-state index in [2.05, 4.69) is 10.6 Å². The third kappa shape index (κ3) is 4.32. The molecule has 0 fully saturated rings. The second kappa shape index (κ2) is 9.15. The molecule has 172 valence electrons. The second-order valence-electron chi connectivity index (χ2n) is 8.31. The SMILES string of the molecule is Cc1ccc(NC(=O)c2cccc(NC3=C(Cl)C(=O)N(c4cccc(C)c4C)C3=O)c2)cc1C. The molecule has 0 saturated heterocycles. The highest BCUT2D eigenvalue weighted by atomic mass is 35.5. The van der Waals surface area contributed by atoms with Crippen LogP contribution in [0.2, 0.25) is 0 Å². The first-order valence-electron chi connectivity index (χ1n) is 10.8. The number of anilines is 3. The summed E-state index contributed by atoms with van der Waals surface area (Å²) in [5, 5.41) is 5.62. The summed E-state index contributed by atoms with van der Waals surface area (Å²) in [6, 6.07) is 17.8. The van der Waals surface area contributed by atoms with Crippen molar-refractivity contribution in [1.29, 1.82) is 0 Å². The van der Waals surface area contributed by atoms with Gasteiger partial charge in [-0.2, -0.15) is 0 Å². The molecule has 6 nitrogen and oxygen atoms in total. The molecule has 34 heavy (non-hydrogen) atoms. The topological polar surface area (TPSA) is 78.5 Å². The Morgan fingerprint density at radius 3 is 2.26 bits per heavy atom. The first kappa shape index (κ1) is 23.3. The Morgan fingerprint density at radius 1 is 0.794 bits per heavy atom. The molecule has 0 aromatic heterocycles. The van der Waals surface area contributed by atoms with Gasteiger partial charge in [-0.05, 0) is 86.3 Å². The Labute approximate surface area is 203 Å². The fraction of sp³-hybridized carbons (Fsp3) is 0.148. The van der Waals surface area contributed by atoms with Crippen molar-refractivity contribution in [2.24, 2.45) is 0 Å². The number of carbonyl (C=O) groups excluding carboxylic acids is 3. The van der Waals surface area contributed by atoms with Gasteiger partial charge in [0.25, 0.3) is 17.7 Å². The fourth-order valence-corrected chi connectivity index (χ4v) is 3.93. The standard InChI is InChI=1S/C27H24ClN3O3/c1-15-11-12-21(13-17(15)3)30-25(32)19-8-6-9-20(14-19)29-24-23(28)26(33)31(27(24)34)22-10-5-7-16(2)18(22)4/h5-14,29H,1-4H3,(H,30,32). The van der Waals surface area contributed by atoms with Crippen LogP contribution < -0.4 is 15.5 Å². The minimum atomic E-state index is -0.591. The number of carbonyl (C=O) groups is 3. The van der Waals surface area contributed by atoms with Crippen LogP contribution >= 0.6 is 11.6 Å². The zero-order valence-electron chi connectivity index (χ0n) is 19.3. The molecule has 3 aromatic carbocycles. The highest BCUT2D eigenvalue weighted by Gasteiger charge is 2.39. The number of aryl methyl sites for hydroxylation is 3. The maximum absolute atomic E-state index is 13.1. The van der Waals surface area contributed by atoms with Gasteiger partial charge in [0, 0.05) is 16.9 Å². The van der Waals surface area contributed by atoms with E-state index in [1.165, 1.54) is 0 Å². The molecule has 0 saturated carbocycles. The number of nitrogens with one attached hydrogen (secondary N) is 2. The smallest absolute Gasteiger partial charge is 0.283 e. The van der Waals surface area contributed by atoms with Crippen molar-refractivity contribution >= 4 is 46.4 Å². The summed E-state index contributed by atoms with van der Waals surface area (Å²) >= 11 is 6.27. The Hall–Kier alpha value is -3.90. The van der Waals surface area contributed by atoms with Crippen LogP contribution in [0.4, 0.5) is 17.1 Å². The molecule has 3 amide bonds. The van der Waals surface area contributed by atoms with E-state index in [1.54, 1.807) is 36.4 Å². The van der Waals surface area contributed by atoms with Crippen molar-refractivity contribution < 1.29 is 14.4 Å². The van der Waals surface area contributed by atoms with Crippen LogP contribution in [0.1, 0.15) is 32.6 Å². The van der Waals surface area contributed by atoms with Gasteiger partial charge in [-0.15, -0.1) is 0 Å². The molecule has 0 atom stereocenters. The summed E-state index contributed by atoms with van der Waals surface area (Å²) in [7, 11) is 0. The molecule has 0 unspecified atom stereocenters. The van der Waals surface area contributed by atoms with Gasteiger partial charge in [0.15, 0.2) is 0 Å². The van der Waals surface area contributed by atoms with Crippen molar-refractivity contribution in [1.82, 2.24) is 0 Å². The summed E-state index contributed by atoms with van der Waals surface area (Å²) < 4.78 is 0. The maximum Gasteiger partial charge on any atom is 0.283 e. The van der Waals surface area contributed by atoms with E-state index < -0.39 is 11.8 Å². The van der Waals surface area contributed by atoms with Crippen molar-refractivity contribution in [3.05, 3.63) is 99.2 Å². The predicted octanol–water partition coefficient (Wildman–Crippen LogP) is 5.61. The molecule has 0 bridgehead atoms. The summed E-state index contributed by atoms with van der Waals surface area (Å²) in [4.78, 5) is 39.8. The average molecular weight is 474 g/mol. The Morgan fingerprint density at radius 2 is 1.53 bits per heavy atom. The van der Waals surface area contributed by atoms with Gasteiger partial charge in [0.05, 0.1) is 5.69 Å². The third-order valence-electron chi connectivity index (χ3n) is 6.00. The highest BCUT2D eigenvalue weighted by Crippen LogP contribution is 2.33. The van der Waals surface area contributed by atoms with Crippen molar-refractivity contribution in [3.8, 4) is 0 Å². The Balaban J connectivity index is 1.56. The van der Waals surface area contributed by atoms with Gasteiger partial charge < -0.3 is 10.6 Å². The van der Waals surface area contributed by atoms with E-state index in [4.69, 9.17) is 11.6 Å². The third-order valence-corrected chi connectivity index (χ3v) is 6.35. The minimum absolute atomic E-state index is 0.0284. The summed E-state index contributed by atoms with van der Waals surface area (Å²) in [6.07, 6.45) is 0. The number of rotatable bonds is 5. The lowest BCUT2D eigenvalue weighted by molar-refractivity contribution is -0.120. The van der Waals surface area contributed by atoms with Crippen LogP contribution in [0.3, 0.4) is 0 Å². The van der Waals surface area contributed by atoms with E-state index >= 15 is 0 Å². The number of halogens is 1. The van der Waals surface area contributed by atoms with E-state index in [0.717, 1.165) is 27.2 Å². The molecule has 0 aliphatic carbocycles. The van der Waals surface area contributed by atoms with Crippen molar-refractivity contribution in [3.63, 3.8) is 0 Å². The Bertz CT molecular complexity index is 1380. The summed E-state index contributed by atoms with van der Waals surface area (Å²) in [6.45, 7) is 7.75. The number of hydrogen-bond acceptors (Lipinski definition) is 4. The lowest BCUT2D eigenvalue weighted by Crippen LogP contribution is -2.33. The average Bonchev–Trinajstić information content (AvgIpc) is 3.01. The van der Waals surface area contributed by atoms with Crippen molar-refractivity contribution in [2.45, 2.75) is 27.7 Å². The molecule has 1 aliphatic rings. The van der Waals surface area contributed by atoms with Gasteiger partial charge in [-0.3, -0.25) is 14.4 Å².